The lowest BCUT2D eigenvalue weighted by atomic mass is 9.99. The van der Waals surface area contributed by atoms with Gasteiger partial charge in [-0.15, -0.1) is 0 Å². The van der Waals surface area contributed by atoms with Gasteiger partial charge in [-0.05, 0) is 30.2 Å². The fraction of sp³-hybridized carbons (Fsp3) is 0.154. The molecule has 2 rings (SSSR count). The molecule has 17 heavy (non-hydrogen) atoms. The summed E-state index contributed by atoms with van der Waals surface area (Å²) < 4.78 is 14.5. The van der Waals surface area contributed by atoms with Gasteiger partial charge in [0.05, 0.1) is 12.2 Å². The Balaban J connectivity index is 2.40. The maximum Gasteiger partial charge on any atom is 0.146 e. The number of pyridine rings is 1. The minimum atomic E-state index is -0.477. The van der Waals surface area contributed by atoms with Gasteiger partial charge in [0.15, 0.2) is 0 Å². The van der Waals surface area contributed by atoms with Crippen LogP contribution in [0.15, 0.2) is 41.1 Å². The van der Waals surface area contributed by atoms with Gasteiger partial charge in [0.25, 0.3) is 0 Å². The predicted octanol–water partition coefficient (Wildman–Crippen LogP) is 3.34. The van der Waals surface area contributed by atoms with Crippen molar-refractivity contribution in [1.29, 1.82) is 0 Å². The molecule has 1 heterocycles. The number of nitrogens with two attached hydrogens (primary N) is 1. The Morgan fingerprint density at radius 1 is 1.35 bits per heavy atom. The topological polar surface area (TPSA) is 38.9 Å². The van der Waals surface area contributed by atoms with Gasteiger partial charge < -0.3 is 5.73 Å². The van der Waals surface area contributed by atoms with E-state index >= 15 is 0 Å². The van der Waals surface area contributed by atoms with Crippen molar-refractivity contribution in [3.63, 3.8) is 0 Å². The second-order valence-corrected chi connectivity index (χ2v) is 4.74. The Hall–Kier alpha value is -1.26. The molecule has 1 unspecified atom stereocenters. The fourth-order valence-corrected chi connectivity index (χ4v) is 2.02. The summed E-state index contributed by atoms with van der Waals surface area (Å²) in [6.07, 6.45) is 2.72. The van der Waals surface area contributed by atoms with E-state index in [9.17, 15) is 4.39 Å². The van der Waals surface area contributed by atoms with Crippen molar-refractivity contribution in [3.05, 3.63) is 63.6 Å². The predicted molar refractivity (Wildman–Crippen MR) is 69.1 cm³/mol. The Kier molecular flexibility index (Phi) is 3.54. The first-order valence-electron chi connectivity index (χ1n) is 5.20. The molecule has 0 radical (unpaired) electrons. The molecule has 0 aliphatic heterocycles. The first-order valence-corrected chi connectivity index (χ1v) is 6.00. The number of nitrogens with zero attached hydrogens (tertiary/aromatic N) is 1. The molecule has 2 nitrogen and oxygen atoms in total. The lowest BCUT2D eigenvalue weighted by Gasteiger charge is -2.14. The van der Waals surface area contributed by atoms with Crippen LogP contribution in [-0.4, -0.2) is 4.98 Å². The summed E-state index contributed by atoms with van der Waals surface area (Å²) in [5.74, 6) is -0.378. The van der Waals surface area contributed by atoms with Crippen LogP contribution in [0, 0.1) is 12.7 Å². The highest BCUT2D eigenvalue weighted by Gasteiger charge is 2.13. The molecule has 2 N–H and O–H groups in total. The van der Waals surface area contributed by atoms with E-state index in [1.165, 1.54) is 6.20 Å². The molecule has 0 fully saturated rings. The van der Waals surface area contributed by atoms with Gasteiger partial charge >= 0.3 is 0 Å². The third kappa shape index (κ3) is 2.53. The molecule has 88 valence electrons. The molecule has 1 aromatic heterocycles. The fourth-order valence-electron chi connectivity index (χ4n) is 1.62. The molecule has 1 aromatic carbocycles. The van der Waals surface area contributed by atoms with Crippen LogP contribution in [0.25, 0.3) is 0 Å². The third-order valence-corrected chi connectivity index (χ3v) is 3.55. The lowest BCUT2D eigenvalue weighted by Crippen LogP contribution is -2.13. The van der Waals surface area contributed by atoms with E-state index in [4.69, 9.17) is 5.73 Å². The molecule has 4 heteroatoms. The molecule has 0 bridgehead atoms. The van der Waals surface area contributed by atoms with Crippen molar-refractivity contribution in [3.8, 4) is 0 Å². The number of hydrogen-bond donors (Lipinski definition) is 1. The Bertz CT molecular complexity index is 543. The number of halogens is 2. The zero-order valence-electron chi connectivity index (χ0n) is 9.32. The highest BCUT2D eigenvalue weighted by Crippen LogP contribution is 2.25. The van der Waals surface area contributed by atoms with E-state index < -0.39 is 6.04 Å². The molecule has 0 aliphatic rings. The third-order valence-electron chi connectivity index (χ3n) is 2.69. The van der Waals surface area contributed by atoms with E-state index in [0.29, 0.717) is 5.56 Å². The van der Waals surface area contributed by atoms with Crippen LogP contribution in [0.4, 0.5) is 4.39 Å². The summed E-state index contributed by atoms with van der Waals surface area (Å²) >= 11 is 3.44. The van der Waals surface area contributed by atoms with Crippen LogP contribution in [0.1, 0.15) is 22.7 Å². The molecule has 2 aromatic rings. The average molecular weight is 295 g/mol. The average Bonchev–Trinajstić information content (AvgIpc) is 2.32. The summed E-state index contributed by atoms with van der Waals surface area (Å²) in [5.41, 5.74) is 8.49. The van der Waals surface area contributed by atoms with Crippen molar-refractivity contribution in [2.45, 2.75) is 13.0 Å². The largest absolute Gasteiger partial charge is 0.320 e. The summed E-state index contributed by atoms with van der Waals surface area (Å²) in [6, 6.07) is 6.91. The van der Waals surface area contributed by atoms with E-state index in [1.54, 1.807) is 12.3 Å². The van der Waals surface area contributed by atoms with Gasteiger partial charge in [-0.1, -0.05) is 28.1 Å². The van der Waals surface area contributed by atoms with Crippen LogP contribution in [-0.2, 0) is 0 Å². The van der Waals surface area contributed by atoms with Gasteiger partial charge in [-0.25, -0.2) is 4.39 Å². The van der Waals surface area contributed by atoms with Gasteiger partial charge in [-0.3, -0.25) is 4.98 Å². The minimum absolute atomic E-state index is 0.378. The summed E-state index contributed by atoms with van der Waals surface area (Å²) in [7, 11) is 0. The van der Waals surface area contributed by atoms with Gasteiger partial charge in [0.2, 0.25) is 0 Å². The monoisotopic (exact) mass is 294 g/mol. The maximum atomic E-state index is 13.6. The SMILES string of the molecule is Cc1ccc(C(N)c2ccncc2F)cc1Br. The van der Waals surface area contributed by atoms with E-state index in [-0.39, 0.29) is 5.82 Å². The smallest absolute Gasteiger partial charge is 0.146 e. The Morgan fingerprint density at radius 3 is 2.76 bits per heavy atom. The molecule has 0 saturated carbocycles. The Labute approximate surface area is 108 Å². The number of hydrogen-bond acceptors (Lipinski definition) is 2. The van der Waals surface area contributed by atoms with Crippen molar-refractivity contribution in [1.82, 2.24) is 4.98 Å². The summed E-state index contributed by atoms with van der Waals surface area (Å²) in [4.78, 5) is 3.71. The first-order chi connectivity index (χ1) is 8.09. The molecular weight excluding hydrogens is 283 g/mol. The molecule has 0 aliphatic carbocycles. The molecule has 0 saturated heterocycles. The van der Waals surface area contributed by atoms with Crippen molar-refractivity contribution < 1.29 is 4.39 Å². The van der Waals surface area contributed by atoms with Crippen molar-refractivity contribution in [2.24, 2.45) is 5.73 Å². The van der Waals surface area contributed by atoms with E-state index in [0.717, 1.165) is 15.6 Å². The van der Waals surface area contributed by atoms with Crippen LogP contribution in [0.3, 0.4) is 0 Å². The maximum absolute atomic E-state index is 13.6. The molecular formula is C13H12BrFN2. The van der Waals surface area contributed by atoms with Crippen LogP contribution in [0.5, 0.6) is 0 Å². The van der Waals surface area contributed by atoms with Gasteiger partial charge in [-0.2, -0.15) is 0 Å². The number of rotatable bonds is 2. The van der Waals surface area contributed by atoms with Crippen LogP contribution >= 0.6 is 15.9 Å². The normalized spacial score (nSPS) is 12.5. The second kappa shape index (κ2) is 4.94. The lowest BCUT2D eigenvalue weighted by molar-refractivity contribution is 0.593. The van der Waals surface area contributed by atoms with Crippen molar-refractivity contribution in [2.75, 3.05) is 0 Å². The molecule has 1 atom stereocenters. The zero-order valence-corrected chi connectivity index (χ0v) is 10.9. The van der Waals surface area contributed by atoms with Crippen LogP contribution in [0.2, 0.25) is 0 Å². The van der Waals surface area contributed by atoms with Gasteiger partial charge in [0, 0.05) is 16.2 Å². The highest BCUT2D eigenvalue weighted by atomic mass is 79.9. The first kappa shape index (κ1) is 12.2. The minimum Gasteiger partial charge on any atom is -0.320 e. The van der Waals surface area contributed by atoms with Gasteiger partial charge in [0.1, 0.15) is 5.82 Å². The number of benzene rings is 1. The van der Waals surface area contributed by atoms with Crippen molar-refractivity contribution >= 4 is 15.9 Å². The van der Waals surface area contributed by atoms with Crippen LogP contribution < -0.4 is 5.73 Å². The summed E-state index contributed by atoms with van der Waals surface area (Å²) in [5, 5.41) is 0. The van der Waals surface area contributed by atoms with E-state index in [1.807, 2.05) is 25.1 Å². The van der Waals surface area contributed by atoms with E-state index in [2.05, 4.69) is 20.9 Å². The molecule has 0 spiro atoms. The molecule has 0 amide bonds. The highest BCUT2D eigenvalue weighted by molar-refractivity contribution is 9.10. The number of aromatic nitrogens is 1. The second-order valence-electron chi connectivity index (χ2n) is 3.88. The summed E-state index contributed by atoms with van der Waals surface area (Å²) in [6.45, 7) is 1.99. The number of aryl methyl sites for hydroxylation is 1. The standard InChI is InChI=1S/C13H12BrFN2/c1-8-2-3-9(6-11(8)14)13(16)10-4-5-17-7-12(10)15/h2-7,13H,16H2,1H3. The quantitative estimate of drug-likeness (QED) is 0.923. The Morgan fingerprint density at radius 2 is 2.12 bits per heavy atom. The zero-order chi connectivity index (χ0) is 12.4.